The second-order valence-corrected chi connectivity index (χ2v) is 4.89. The highest BCUT2D eigenvalue weighted by molar-refractivity contribution is 6.01. The Kier molecular flexibility index (Phi) is 3.49. The van der Waals surface area contributed by atoms with Gasteiger partial charge in [-0.2, -0.15) is 0 Å². The number of hydrogen-bond donors (Lipinski definition) is 2. The molecule has 0 radical (unpaired) electrons. The Bertz CT molecular complexity index is 722. The molecule has 0 unspecified atom stereocenters. The van der Waals surface area contributed by atoms with Crippen LogP contribution >= 0.6 is 0 Å². The minimum Gasteiger partial charge on any atom is -0.298 e. The molecule has 3 heterocycles. The maximum absolute atomic E-state index is 12.2. The molecular formula is C14H14N4O3. The number of nitrogens with one attached hydrogen (secondary N) is 2. The van der Waals surface area contributed by atoms with Gasteiger partial charge < -0.3 is 0 Å². The largest absolute Gasteiger partial charge is 0.298 e. The lowest BCUT2D eigenvalue weighted by Gasteiger charge is -2.21. The maximum atomic E-state index is 12.2. The van der Waals surface area contributed by atoms with E-state index in [9.17, 15) is 14.4 Å². The van der Waals surface area contributed by atoms with Crippen LogP contribution in [0.15, 0.2) is 30.6 Å². The van der Waals surface area contributed by atoms with E-state index in [1.165, 1.54) is 0 Å². The number of imide groups is 1. The second kappa shape index (κ2) is 5.45. The molecule has 2 amide bonds. The van der Waals surface area contributed by atoms with Gasteiger partial charge in [0.1, 0.15) is 0 Å². The lowest BCUT2D eigenvalue weighted by molar-refractivity contribution is -0.134. The van der Waals surface area contributed by atoms with Crippen LogP contribution in [0.3, 0.4) is 0 Å². The van der Waals surface area contributed by atoms with E-state index in [2.05, 4.69) is 15.6 Å². The molecule has 2 N–H and O–H groups in total. The van der Waals surface area contributed by atoms with Crippen molar-refractivity contribution in [2.45, 2.75) is 18.9 Å². The van der Waals surface area contributed by atoms with Crippen LogP contribution in [0.25, 0.3) is 5.52 Å². The molecule has 7 heteroatoms. The molecule has 108 valence electrons. The Morgan fingerprint density at radius 2 is 2.29 bits per heavy atom. The van der Waals surface area contributed by atoms with Crippen molar-refractivity contribution in [2.24, 2.45) is 0 Å². The minimum atomic E-state index is -0.516. The van der Waals surface area contributed by atoms with Crippen molar-refractivity contribution in [3.05, 3.63) is 36.4 Å². The molecular weight excluding hydrogens is 272 g/mol. The Labute approximate surface area is 120 Å². The van der Waals surface area contributed by atoms with E-state index < -0.39 is 6.04 Å². The van der Waals surface area contributed by atoms with E-state index in [4.69, 9.17) is 0 Å². The molecule has 1 fully saturated rings. The number of fused-ring (bicyclic) bond motifs is 1. The van der Waals surface area contributed by atoms with Crippen LogP contribution in [0.1, 0.15) is 23.5 Å². The number of piperidine rings is 1. The average Bonchev–Trinajstić information content (AvgIpc) is 2.90. The number of carbonyl (C=O) groups excluding carboxylic acids is 3. The van der Waals surface area contributed by atoms with Gasteiger partial charge in [-0.1, -0.05) is 6.07 Å². The van der Waals surface area contributed by atoms with Crippen molar-refractivity contribution in [1.82, 2.24) is 20.0 Å². The van der Waals surface area contributed by atoms with Crippen molar-refractivity contribution in [1.29, 1.82) is 0 Å². The summed E-state index contributed by atoms with van der Waals surface area (Å²) in [6.07, 6.45) is 4.07. The molecule has 1 aliphatic rings. The third-order valence-corrected chi connectivity index (χ3v) is 3.44. The van der Waals surface area contributed by atoms with Gasteiger partial charge >= 0.3 is 0 Å². The zero-order valence-corrected chi connectivity index (χ0v) is 11.2. The van der Waals surface area contributed by atoms with Gasteiger partial charge in [0, 0.05) is 12.6 Å². The van der Waals surface area contributed by atoms with Crippen molar-refractivity contribution in [2.75, 3.05) is 6.54 Å². The summed E-state index contributed by atoms with van der Waals surface area (Å²) in [5.74, 6) is -0.535. The summed E-state index contributed by atoms with van der Waals surface area (Å²) in [6.45, 7) is 0.000283. The monoisotopic (exact) mass is 286 g/mol. The third-order valence-electron chi connectivity index (χ3n) is 3.44. The molecule has 3 rings (SSSR count). The van der Waals surface area contributed by atoms with Crippen molar-refractivity contribution in [3.63, 3.8) is 0 Å². The molecule has 1 saturated heterocycles. The molecule has 2 aromatic rings. The Morgan fingerprint density at radius 1 is 1.43 bits per heavy atom. The molecule has 21 heavy (non-hydrogen) atoms. The number of nitrogens with zero attached hydrogens (tertiary/aromatic N) is 2. The molecule has 0 bridgehead atoms. The topological polar surface area (TPSA) is 92.6 Å². The van der Waals surface area contributed by atoms with Gasteiger partial charge in [-0.3, -0.25) is 29.4 Å². The molecule has 1 atom stereocenters. The third kappa shape index (κ3) is 2.68. The van der Waals surface area contributed by atoms with E-state index in [0.717, 1.165) is 5.52 Å². The van der Waals surface area contributed by atoms with Gasteiger partial charge in [0.25, 0.3) is 0 Å². The molecule has 2 aromatic heterocycles. The standard InChI is InChI=1S/C14H14N4O3/c19-11(8-15-10-4-5-12(20)17-14(10)21)13-16-7-9-3-1-2-6-18(9)13/h1-3,6-7,10,15H,4-5,8H2,(H,17,20,21)/t10-/m0/s1. The van der Waals surface area contributed by atoms with Crippen molar-refractivity contribution < 1.29 is 14.4 Å². The number of amides is 2. The molecule has 0 aliphatic carbocycles. The zero-order chi connectivity index (χ0) is 14.8. The fraction of sp³-hybridized carbons (Fsp3) is 0.286. The number of pyridine rings is 1. The summed E-state index contributed by atoms with van der Waals surface area (Å²) >= 11 is 0. The van der Waals surface area contributed by atoms with Crippen LogP contribution in [0.4, 0.5) is 0 Å². The fourth-order valence-corrected chi connectivity index (χ4v) is 2.33. The lowest BCUT2D eigenvalue weighted by Crippen LogP contribution is -2.51. The Balaban J connectivity index is 1.67. The minimum absolute atomic E-state index is 0.000283. The number of aromatic nitrogens is 2. The first kappa shape index (κ1) is 13.4. The maximum Gasteiger partial charge on any atom is 0.243 e. The van der Waals surface area contributed by atoms with Gasteiger partial charge in [0.2, 0.25) is 17.6 Å². The van der Waals surface area contributed by atoms with E-state index in [0.29, 0.717) is 12.2 Å². The number of imidazole rings is 1. The van der Waals surface area contributed by atoms with Gasteiger partial charge in [0.15, 0.2) is 5.82 Å². The highest BCUT2D eigenvalue weighted by Crippen LogP contribution is 2.08. The van der Waals surface area contributed by atoms with Gasteiger partial charge in [-0.05, 0) is 18.6 Å². The number of rotatable bonds is 4. The number of hydrogen-bond acceptors (Lipinski definition) is 5. The fourth-order valence-electron chi connectivity index (χ4n) is 2.33. The predicted molar refractivity (Wildman–Crippen MR) is 73.7 cm³/mol. The average molecular weight is 286 g/mol. The summed E-state index contributed by atoms with van der Waals surface area (Å²) in [6, 6.07) is 5.03. The van der Waals surface area contributed by atoms with E-state index in [-0.39, 0.29) is 30.6 Å². The van der Waals surface area contributed by atoms with E-state index in [1.807, 2.05) is 18.2 Å². The quantitative estimate of drug-likeness (QED) is 0.605. The van der Waals surface area contributed by atoms with Crippen LogP contribution in [-0.2, 0) is 9.59 Å². The van der Waals surface area contributed by atoms with Gasteiger partial charge in [0.05, 0.1) is 24.3 Å². The molecule has 0 spiro atoms. The van der Waals surface area contributed by atoms with Crippen LogP contribution < -0.4 is 10.6 Å². The smallest absolute Gasteiger partial charge is 0.243 e. The number of carbonyl (C=O) groups is 3. The Hall–Kier alpha value is -2.54. The Morgan fingerprint density at radius 3 is 3.10 bits per heavy atom. The highest BCUT2D eigenvalue weighted by atomic mass is 16.2. The first-order valence-corrected chi connectivity index (χ1v) is 6.67. The van der Waals surface area contributed by atoms with Crippen LogP contribution in [0.2, 0.25) is 0 Å². The summed E-state index contributed by atoms with van der Waals surface area (Å²) in [5.41, 5.74) is 0.835. The predicted octanol–water partition coefficient (Wildman–Crippen LogP) is -0.0882. The summed E-state index contributed by atoms with van der Waals surface area (Å²) in [4.78, 5) is 38.9. The summed E-state index contributed by atoms with van der Waals surface area (Å²) < 4.78 is 1.70. The molecule has 7 nitrogen and oxygen atoms in total. The normalized spacial score (nSPS) is 18.8. The SMILES string of the molecule is O=C1CC[C@H](NCC(=O)c2ncc3ccccn23)C(=O)N1. The van der Waals surface area contributed by atoms with Crippen LogP contribution in [0.5, 0.6) is 0 Å². The van der Waals surface area contributed by atoms with E-state index in [1.54, 1.807) is 16.8 Å². The lowest BCUT2D eigenvalue weighted by atomic mass is 10.1. The first-order valence-electron chi connectivity index (χ1n) is 6.67. The van der Waals surface area contributed by atoms with Crippen LogP contribution in [0, 0.1) is 0 Å². The highest BCUT2D eigenvalue weighted by Gasteiger charge is 2.27. The van der Waals surface area contributed by atoms with Crippen molar-refractivity contribution in [3.8, 4) is 0 Å². The van der Waals surface area contributed by atoms with Crippen molar-refractivity contribution >= 4 is 23.1 Å². The van der Waals surface area contributed by atoms with E-state index >= 15 is 0 Å². The molecule has 0 saturated carbocycles. The first-order chi connectivity index (χ1) is 10.1. The van der Waals surface area contributed by atoms with Crippen LogP contribution in [-0.4, -0.2) is 39.6 Å². The second-order valence-electron chi connectivity index (χ2n) is 4.89. The number of ketones is 1. The summed E-state index contributed by atoms with van der Waals surface area (Å²) in [7, 11) is 0. The molecule has 1 aliphatic heterocycles. The number of Topliss-reactive ketones (excluding diaryl/α,β-unsaturated/α-hetero) is 1. The zero-order valence-electron chi connectivity index (χ0n) is 11.2. The van der Waals surface area contributed by atoms with Gasteiger partial charge in [-0.15, -0.1) is 0 Å². The summed E-state index contributed by atoms with van der Waals surface area (Å²) in [5, 5.41) is 5.12. The van der Waals surface area contributed by atoms with Gasteiger partial charge in [-0.25, -0.2) is 4.98 Å². The molecule has 0 aromatic carbocycles.